The van der Waals surface area contributed by atoms with Crippen LogP contribution in [-0.2, 0) is 0 Å². The first-order valence-corrected chi connectivity index (χ1v) is 6.45. The van der Waals surface area contributed by atoms with Crippen LogP contribution in [0.2, 0.25) is 0 Å². The Hall–Kier alpha value is -2.01. The van der Waals surface area contributed by atoms with Gasteiger partial charge in [0.05, 0.1) is 7.11 Å². The van der Waals surface area contributed by atoms with E-state index in [1.807, 2.05) is 7.05 Å². The Morgan fingerprint density at radius 3 is 2.80 bits per heavy atom. The van der Waals surface area contributed by atoms with Crippen LogP contribution in [-0.4, -0.2) is 51.7 Å². The van der Waals surface area contributed by atoms with E-state index in [1.54, 1.807) is 43.3 Å². The number of hydrogen-bond acceptors (Lipinski definition) is 4. The number of nitrogens with one attached hydrogen (secondary N) is 1. The summed E-state index contributed by atoms with van der Waals surface area (Å²) in [6.45, 7) is 5.39. The number of benzene rings is 1. The fourth-order valence-electron chi connectivity index (χ4n) is 1.67. The summed E-state index contributed by atoms with van der Waals surface area (Å²) in [5, 5.41) is 3.01. The minimum atomic E-state index is -0.0474. The van der Waals surface area contributed by atoms with Crippen LogP contribution in [0, 0.1) is 0 Å². The van der Waals surface area contributed by atoms with E-state index in [1.165, 1.54) is 0 Å². The van der Waals surface area contributed by atoms with Crippen molar-refractivity contribution in [3.05, 3.63) is 36.4 Å². The predicted octanol–water partition coefficient (Wildman–Crippen LogP) is 1.55. The molecule has 1 aromatic rings. The van der Waals surface area contributed by atoms with E-state index in [0.29, 0.717) is 30.2 Å². The Morgan fingerprint density at radius 1 is 1.45 bits per heavy atom. The summed E-state index contributed by atoms with van der Waals surface area (Å²) in [5.74, 6) is 1.09. The average Bonchev–Trinajstić information content (AvgIpc) is 2.49. The molecule has 1 N–H and O–H groups in total. The molecule has 0 bridgehead atoms. The predicted molar refractivity (Wildman–Crippen MR) is 79.6 cm³/mol. The Balaban J connectivity index is 2.85. The largest absolute Gasteiger partial charge is 0.493 e. The molecule has 0 unspecified atom stereocenters. The molecule has 1 rings (SSSR count). The lowest BCUT2D eigenvalue weighted by molar-refractivity contribution is 0.0796. The summed E-state index contributed by atoms with van der Waals surface area (Å²) in [5.41, 5.74) is 0.575. The first-order chi connectivity index (χ1) is 9.63. The molecule has 0 aromatic heterocycles. The monoisotopic (exact) mass is 278 g/mol. The zero-order valence-electron chi connectivity index (χ0n) is 12.3. The summed E-state index contributed by atoms with van der Waals surface area (Å²) in [6, 6.07) is 5.16. The van der Waals surface area contributed by atoms with Gasteiger partial charge in [0.25, 0.3) is 5.91 Å². The lowest BCUT2D eigenvalue weighted by Gasteiger charge is -2.18. The molecule has 0 aliphatic carbocycles. The smallest absolute Gasteiger partial charge is 0.253 e. The highest BCUT2D eigenvalue weighted by Gasteiger charge is 2.14. The number of nitrogens with zero attached hydrogens (tertiary/aromatic N) is 1. The number of likely N-dealkylation sites (N-methyl/N-ethyl adjacent to an activating group) is 2. The van der Waals surface area contributed by atoms with E-state index in [-0.39, 0.29) is 5.91 Å². The number of rotatable bonds is 8. The second-order valence-corrected chi connectivity index (χ2v) is 4.30. The number of methoxy groups -OCH3 is 1. The standard InChI is InChI=1S/C15H22N2O3/c1-5-10-20-13-7-6-12(11-14(13)19-4)15(18)17(3)9-8-16-2/h5-7,11,16H,1,8-10H2,2-4H3. The number of carbonyl (C=O) groups is 1. The highest BCUT2D eigenvalue weighted by molar-refractivity contribution is 5.94. The van der Waals surface area contributed by atoms with Gasteiger partial charge in [-0.1, -0.05) is 12.7 Å². The summed E-state index contributed by atoms with van der Waals surface area (Å²) in [6.07, 6.45) is 1.66. The van der Waals surface area contributed by atoms with Gasteiger partial charge < -0.3 is 19.7 Å². The molecular weight excluding hydrogens is 256 g/mol. The van der Waals surface area contributed by atoms with Crippen molar-refractivity contribution in [1.29, 1.82) is 0 Å². The third kappa shape index (κ3) is 4.28. The van der Waals surface area contributed by atoms with Crippen molar-refractivity contribution in [1.82, 2.24) is 10.2 Å². The molecule has 20 heavy (non-hydrogen) atoms. The van der Waals surface area contributed by atoms with Gasteiger partial charge in [-0.15, -0.1) is 0 Å². The van der Waals surface area contributed by atoms with Crippen LogP contribution < -0.4 is 14.8 Å². The number of ether oxygens (including phenoxy) is 2. The maximum Gasteiger partial charge on any atom is 0.253 e. The van der Waals surface area contributed by atoms with E-state index in [0.717, 1.165) is 6.54 Å². The lowest BCUT2D eigenvalue weighted by atomic mass is 10.1. The van der Waals surface area contributed by atoms with Gasteiger partial charge in [0.15, 0.2) is 11.5 Å². The fourth-order valence-corrected chi connectivity index (χ4v) is 1.67. The van der Waals surface area contributed by atoms with Crippen LogP contribution >= 0.6 is 0 Å². The highest BCUT2D eigenvalue weighted by atomic mass is 16.5. The quantitative estimate of drug-likeness (QED) is 0.733. The second-order valence-electron chi connectivity index (χ2n) is 4.30. The molecule has 0 radical (unpaired) electrons. The average molecular weight is 278 g/mol. The minimum Gasteiger partial charge on any atom is -0.493 e. The van der Waals surface area contributed by atoms with Gasteiger partial charge in [-0.05, 0) is 25.2 Å². The molecule has 0 saturated heterocycles. The molecule has 5 nitrogen and oxygen atoms in total. The number of amides is 1. The van der Waals surface area contributed by atoms with Gasteiger partial charge in [-0.25, -0.2) is 0 Å². The third-order valence-corrected chi connectivity index (χ3v) is 2.81. The third-order valence-electron chi connectivity index (χ3n) is 2.81. The molecule has 1 amide bonds. The lowest BCUT2D eigenvalue weighted by Crippen LogP contribution is -2.32. The van der Waals surface area contributed by atoms with Gasteiger partial charge in [-0.3, -0.25) is 4.79 Å². The SMILES string of the molecule is C=CCOc1ccc(C(=O)N(C)CCNC)cc1OC. The van der Waals surface area contributed by atoms with Crippen LogP contribution in [0.15, 0.2) is 30.9 Å². The van der Waals surface area contributed by atoms with E-state index >= 15 is 0 Å². The van der Waals surface area contributed by atoms with Crippen molar-refractivity contribution in [2.45, 2.75) is 0 Å². The van der Waals surface area contributed by atoms with Crippen LogP contribution in [0.1, 0.15) is 10.4 Å². The zero-order chi connectivity index (χ0) is 15.0. The number of carbonyl (C=O) groups excluding carboxylic acids is 1. The van der Waals surface area contributed by atoms with Crippen molar-refractivity contribution in [3.8, 4) is 11.5 Å². The second kappa shape index (κ2) is 8.22. The molecule has 0 spiro atoms. The van der Waals surface area contributed by atoms with Crippen LogP contribution in [0.25, 0.3) is 0 Å². The summed E-state index contributed by atoms with van der Waals surface area (Å²) in [7, 11) is 5.18. The van der Waals surface area contributed by atoms with Crippen molar-refractivity contribution in [2.24, 2.45) is 0 Å². The normalized spacial score (nSPS) is 9.95. The molecule has 5 heteroatoms. The maximum atomic E-state index is 12.2. The van der Waals surface area contributed by atoms with Crippen LogP contribution in [0.4, 0.5) is 0 Å². The van der Waals surface area contributed by atoms with E-state index in [9.17, 15) is 4.79 Å². The van der Waals surface area contributed by atoms with Gasteiger partial charge in [0, 0.05) is 25.7 Å². The van der Waals surface area contributed by atoms with Gasteiger partial charge in [0.2, 0.25) is 0 Å². The molecule has 0 saturated carbocycles. The zero-order valence-corrected chi connectivity index (χ0v) is 12.3. The Morgan fingerprint density at radius 2 is 2.20 bits per heavy atom. The highest BCUT2D eigenvalue weighted by Crippen LogP contribution is 2.28. The van der Waals surface area contributed by atoms with Crippen LogP contribution in [0.3, 0.4) is 0 Å². The van der Waals surface area contributed by atoms with Crippen molar-refractivity contribution in [3.63, 3.8) is 0 Å². The fraction of sp³-hybridized carbons (Fsp3) is 0.400. The number of hydrogen-bond donors (Lipinski definition) is 1. The molecule has 0 aliphatic rings. The van der Waals surface area contributed by atoms with Crippen molar-refractivity contribution >= 4 is 5.91 Å². The van der Waals surface area contributed by atoms with E-state index in [4.69, 9.17) is 9.47 Å². The maximum absolute atomic E-state index is 12.2. The van der Waals surface area contributed by atoms with Crippen LogP contribution in [0.5, 0.6) is 11.5 Å². The Kier molecular flexibility index (Phi) is 6.59. The first kappa shape index (κ1) is 16.0. The molecule has 110 valence electrons. The van der Waals surface area contributed by atoms with Gasteiger partial charge in [0.1, 0.15) is 6.61 Å². The summed E-state index contributed by atoms with van der Waals surface area (Å²) < 4.78 is 10.7. The molecule has 0 heterocycles. The molecule has 0 aliphatic heterocycles. The van der Waals surface area contributed by atoms with E-state index in [2.05, 4.69) is 11.9 Å². The van der Waals surface area contributed by atoms with Gasteiger partial charge in [-0.2, -0.15) is 0 Å². The molecular formula is C15H22N2O3. The Labute approximate surface area is 120 Å². The minimum absolute atomic E-state index is 0.0474. The molecule has 0 fully saturated rings. The topological polar surface area (TPSA) is 50.8 Å². The first-order valence-electron chi connectivity index (χ1n) is 6.45. The van der Waals surface area contributed by atoms with Crippen molar-refractivity contribution < 1.29 is 14.3 Å². The Bertz CT molecular complexity index is 460. The van der Waals surface area contributed by atoms with Gasteiger partial charge >= 0.3 is 0 Å². The summed E-state index contributed by atoms with van der Waals surface area (Å²) >= 11 is 0. The molecule has 0 atom stereocenters. The summed E-state index contributed by atoms with van der Waals surface area (Å²) in [4.78, 5) is 13.9. The molecule has 1 aromatic carbocycles. The van der Waals surface area contributed by atoms with E-state index < -0.39 is 0 Å². The van der Waals surface area contributed by atoms with Crippen molar-refractivity contribution in [2.75, 3.05) is 40.9 Å².